The van der Waals surface area contributed by atoms with Gasteiger partial charge in [-0.25, -0.2) is 0 Å². The van der Waals surface area contributed by atoms with Crippen LogP contribution in [0.5, 0.6) is 0 Å². The summed E-state index contributed by atoms with van der Waals surface area (Å²) in [6, 6.07) is 11.1. The molecule has 0 spiro atoms. The van der Waals surface area contributed by atoms with Gasteiger partial charge in [0, 0.05) is 6.04 Å². The van der Waals surface area contributed by atoms with Gasteiger partial charge in [-0.2, -0.15) is 0 Å². The molecule has 1 N–H and O–H groups in total. The van der Waals surface area contributed by atoms with Gasteiger partial charge in [-0.3, -0.25) is 0 Å². The van der Waals surface area contributed by atoms with Crippen molar-refractivity contribution in [2.24, 2.45) is 0 Å². The Balaban J connectivity index is 2.64. The van der Waals surface area contributed by atoms with Gasteiger partial charge in [0.25, 0.3) is 0 Å². The molecular weight excluding hydrogens is 174 g/mol. The maximum Gasteiger partial charge on any atom is 0.116 e. The number of benzene rings is 1. The number of hydrogen-bond acceptors (Lipinski definition) is 1. The maximum atomic E-state index is 3.67. The maximum absolute atomic E-state index is 3.67. The SMILES string of the molecule is CC(N[Si](C)(C)C)c1ccccc1. The van der Waals surface area contributed by atoms with Gasteiger partial charge in [-0.1, -0.05) is 50.0 Å². The van der Waals surface area contributed by atoms with Crippen LogP contribution in [0.1, 0.15) is 18.5 Å². The first-order chi connectivity index (χ1) is 5.99. The van der Waals surface area contributed by atoms with Gasteiger partial charge in [0.15, 0.2) is 0 Å². The Bertz CT molecular complexity index is 251. The summed E-state index contributed by atoms with van der Waals surface area (Å²) in [5, 5.41) is 0. The molecule has 1 rings (SSSR count). The van der Waals surface area contributed by atoms with Crippen molar-refractivity contribution in [3.05, 3.63) is 35.9 Å². The molecule has 0 heterocycles. The van der Waals surface area contributed by atoms with E-state index in [1.54, 1.807) is 0 Å². The minimum Gasteiger partial charge on any atom is -0.331 e. The highest BCUT2D eigenvalue weighted by molar-refractivity contribution is 6.73. The third-order valence-corrected chi connectivity index (χ3v) is 3.25. The molecule has 0 amide bonds. The van der Waals surface area contributed by atoms with Crippen molar-refractivity contribution in [3.8, 4) is 0 Å². The lowest BCUT2D eigenvalue weighted by molar-refractivity contribution is 0.718. The highest BCUT2D eigenvalue weighted by atomic mass is 28.3. The van der Waals surface area contributed by atoms with Crippen molar-refractivity contribution in [2.75, 3.05) is 0 Å². The molecule has 0 aromatic heterocycles. The van der Waals surface area contributed by atoms with Crippen molar-refractivity contribution in [1.82, 2.24) is 4.98 Å². The van der Waals surface area contributed by atoms with E-state index < -0.39 is 8.24 Å². The second-order valence-corrected chi connectivity index (χ2v) is 9.32. The van der Waals surface area contributed by atoms with Crippen molar-refractivity contribution in [1.29, 1.82) is 0 Å². The summed E-state index contributed by atoms with van der Waals surface area (Å²) in [4.78, 5) is 3.67. The summed E-state index contributed by atoms with van der Waals surface area (Å²) in [5.41, 5.74) is 1.38. The molecule has 0 aliphatic carbocycles. The molecule has 0 aliphatic heterocycles. The molecule has 13 heavy (non-hydrogen) atoms. The van der Waals surface area contributed by atoms with Gasteiger partial charge in [-0.05, 0) is 12.5 Å². The summed E-state index contributed by atoms with van der Waals surface area (Å²) >= 11 is 0. The van der Waals surface area contributed by atoms with E-state index in [0.29, 0.717) is 6.04 Å². The third-order valence-electron chi connectivity index (χ3n) is 1.95. The molecule has 0 radical (unpaired) electrons. The van der Waals surface area contributed by atoms with Crippen LogP contribution in [0.2, 0.25) is 19.6 Å². The molecule has 0 aliphatic rings. The van der Waals surface area contributed by atoms with Crippen molar-refractivity contribution in [2.45, 2.75) is 32.6 Å². The highest BCUT2D eigenvalue weighted by Gasteiger charge is 2.16. The van der Waals surface area contributed by atoms with Crippen LogP contribution in [0.4, 0.5) is 0 Å². The summed E-state index contributed by atoms with van der Waals surface area (Å²) in [7, 11) is -1.15. The molecule has 0 bridgehead atoms. The number of nitrogens with one attached hydrogen (secondary N) is 1. The van der Waals surface area contributed by atoms with E-state index in [2.05, 4.69) is 61.9 Å². The van der Waals surface area contributed by atoms with Gasteiger partial charge < -0.3 is 4.98 Å². The average molecular weight is 193 g/mol. The van der Waals surface area contributed by atoms with Gasteiger partial charge in [0.2, 0.25) is 0 Å². The molecule has 1 unspecified atom stereocenters. The number of hydrogen-bond donors (Lipinski definition) is 1. The van der Waals surface area contributed by atoms with E-state index in [-0.39, 0.29) is 0 Å². The Kier molecular flexibility index (Phi) is 3.28. The van der Waals surface area contributed by atoms with Gasteiger partial charge >= 0.3 is 0 Å². The van der Waals surface area contributed by atoms with Crippen molar-refractivity contribution < 1.29 is 0 Å². The molecule has 72 valence electrons. The average Bonchev–Trinajstić information content (AvgIpc) is 2.03. The van der Waals surface area contributed by atoms with E-state index >= 15 is 0 Å². The van der Waals surface area contributed by atoms with E-state index in [4.69, 9.17) is 0 Å². The van der Waals surface area contributed by atoms with Crippen molar-refractivity contribution >= 4 is 8.24 Å². The second kappa shape index (κ2) is 4.07. The van der Waals surface area contributed by atoms with E-state index in [9.17, 15) is 0 Å². The normalized spacial score (nSPS) is 14.2. The summed E-state index contributed by atoms with van der Waals surface area (Å²) in [6.45, 7) is 9.21. The zero-order chi connectivity index (χ0) is 9.90. The predicted octanol–water partition coefficient (Wildman–Crippen LogP) is 3.17. The molecule has 1 aromatic rings. The summed E-state index contributed by atoms with van der Waals surface area (Å²) in [5.74, 6) is 0. The lowest BCUT2D eigenvalue weighted by Crippen LogP contribution is -2.42. The lowest BCUT2D eigenvalue weighted by Gasteiger charge is -2.24. The van der Waals surface area contributed by atoms with Crippen molar-refractivity contribution in [3.63, 3.8) is 0 Å². The largest absolute Gasteiger partial charge is 0.331 e. The number of rotatable bonds is 3. The van der Waals surface area contributed by atoms with Gasteiger partial charge in [-0.15, -0.1) is 0 Å². The quantitative estimate of drug-likeness (QED) is 0.727. The van der Waals surface area contributed by atoms with Crippen LogP contribution in [0.15, 0.2) is 30.3 Å². The van der Waals surface area contributed by atoms with Gasteiger partial charge in [0.05, 0.1) is 0 Å². The van der Waals surface area contributed by atoms with Crippen LogP contribution < -0.4 is 4.98 Å². The first kappa shape index (κ1) is 10.5. The van der Waals surface area contributed by atoms with Crippen LogP contribution in [0.25, 0.3) is 0 Å². The standard InChI is InChI=1S/C11H19NSi/c1-10(12-13(2,3)4)11-8-6-5-7-9-11/h5-10,12H,1-4H3. The Morgan fingerprint density at radius 1 is 1.08 bits per heavy atom. The molecule has 1 aromatic carbocycles. The van der Waals surface area contributed by atoms with Crippen LogP contribution in [-0.4, -0.2) is 8.24 Å². The minimum atomic E-state index is -1.15. The van der Waals surface area contributed by atoms with Crippen LogP contribution in [0, 0.1) is 0 Å². The summed E-state index contributed by atoms with van der Waals surface area (Å²) < 4.78 is 0. The second-order valence-electron chi connectivity index (χ2n) is 4.53. The van der Waals surface area contributed by atoms with Crippen LogP contribution in [-0.2, 0) is 0 Å². The Labute approximate surface area is 82.3 Å². The van der Waals surface area contributed by atoms with Crippen LogP contribution in [0.3, 0.4) is 0 Å². The molecule has 0 saturated carbocycles. The first-order valence-corrected chi connectivity index (χ1v) is 8.32. The smallest absolute Gasteiger partial charge is 0.116 e. The van der Waals surface area contributed by atoms with E-state index in [1.807, 2.05) is 0 Å². The van der Waals surface area contributed by atoms with E-state index in [1.165, 1.54) is 5.56 Å². The molecule has 2 heteroatoms. The van der Waals surface area contributed by atoms with Crippen LogP contribution >= 0.6 is 0 Å². The molecule has 0 fully saturated rings. The summed E-state index contributed by atoms with van der Waals surface area (Å²) in [6.07, 6.45) is 0. The predicted molar refractivity (Wildman–Crippen MR) is 61.3 cm³/mol. The highest BCUT2D eigenvalue weighted by Crippen LogP contribution is 2.13. The fraction of sp³-hybridized carbons (Fsp3) is 0.455. The molecule has 1 atom stereocenters. The molecule has 0 saturated heterocycles. The monoisotopic (exact) mass is 193 g/mol. The minimum absolute atomic E-state index is 0.480. The Morgan fingerprint density at radius 3 is 2.08 bits per heavy atom. The first-order valence-electron chi connectivity index (χ1n) is 4.82. The molecular formula is C11H19NSi. The Morgan fingerprint density at radius 2 is 1.62 bits per heavy atom. The molecule has 1 nitrogen and oxygen atoms in total. The Hall–Kier alpha value is -0.603. The fourth-order valence-electron chi connectivity index (χ4n) is 1.47. The fourth-order valence-corrected chi connectivity index (χ4v) is 2.94. The zero-order valence-corrected chi connectivity index (χ0v) is 9.96. The third kappa shape index (κ3) is 3.74. The zero-order valence-electron chi connectivity index (χ0n) is 8.96. The van der Waals surface area contributed by atoms with Gasteiger partial charge in [0.1, 0.15) is 8.24 Å². The topological polar surface area (TPSA) is 12.0 Å². The lowest BCUT2D eigenvalue weighted by atomic mass is 10.1. The van der Waals surface area contributed by atoms with E-state index in [0.717, 1.165) is 0 Å².